The maximum absolute atomic E-state index is 12.7. The van der Waals surface area contributed by atoms with Crippen LogP contribution in [0, 0.1) is 11.8 Å². The number of carbonyl (C=O) groups excluding carboxylic acids is 4. The van der Waals surface area contributed by atoms with Crippen molar-refractivity contribution in [1.29, 1.82) is 0 Å². The van der Waals surface area contributed by atoms with Gasteiger partial charge in [0.25, 0.3) is 0 Å². The van der Waals surface area contributed by atoms with Crippen molar-refractivity contribution in [1.82, 2.24) is 4.90 Å². The van der Waals surface area contributed by atoms with E-state index >= 15 is 0 Å². The Morgan fingerprint density at radius 2 is 1.74 bits per heavy atom. The number of likely N-dealkylation sites (tertiary alicyclic amines) is 1. The smallest absolute Gasteiger partial charge is 0.341 e. The Kier molecular flexibility index (Phi) is 6.74. The zero-order valence-corrected chi connectivity index (χ0v) is 18.9. The number of hydrogen-bond acceptors (Lipinski definition) is 6. The van der Waals surface area contributed by atoms with Gasteiger partial charge in [-0.3, -0.25) is 19.3 Å². The molecule has 3 aliphatic rings. The van der Waals surface area contributed by atoms with Crippen LogP contribution >= 0.6 is 11.3 Å². The summed E-state index contributed by atoms with van der Waals surface area (Å²) >= 11 is 1.45. The Bertz CT molecular complexity index is 869. The fourth-order valence-electron chi connectivity index (χ4n) is 4.99. The average molecular weight is 447 g/mol. The number of rotatable bonds is 7. The van der Waals surface area contributed by atoms with Gasteiger partial charge in [-0.2, -0.15) is 0 Å². The number of carbonyl (C=O) groups is 4. The van der Waals surface area contributed by atoms with Crippen molar-refractivity contribution in [2.45, 2.75) is 71.1 Å². The molecule has 1 aliphatic heterocycles. The molecular formula is C23H30N2O5S. The van der Waals surface area contributed by atoms with Gasteiger partial charge in [-0.05, 0) is 50.5 Å². The Morgan fingerprint density at radius 3 is 2.42 bits per heavy atom. The molecule has 1 N–H and O–H groups in total. The highest BCUT2D eigenvalue weighted by atomic mass is 32.1. The highest BCUT2D eigenvalue weighted by Crippen LogP contribution is 2.39. The molecule has 1 aromatic heterocycles. The number of nitrogens with zero attached hydrogens (tertiary/aromatic N) is 1. The van der Waals surface area contributed by atoms with E-state index in [4.69, 9.17) is 4.74 Å². The van der Waals surface area contributed by atoms with Crippen LogP contribution in [0.25, 0.3) is 0 Å². The van der Waals surface area contributed by atoms with Crippen LogP contribution in [0.1, 0.15) is 79.1 Å². The maximum atomic E-state index is 12.7. The third kappa shape index (κ3) is 4.40. The lowest BCUT2D eigenvalue weighted by Crippen LogP contribution is -2.34. The van der Waals surface area contributed by atoms with Gasteiger partial charge in [-0.25, -0.2) is 4.79 Å². The standard InChI is InChI=1S/C23H30N2O5S/c1-2-13-30-23(29)19-16-9-5-6-10-17(16)31-20(19)24-18(26)11-12-25-21(27)14-7-3-4-8-15(14)22(25)28/h14-15H,2-13H2,1H3,(H,24,26)/t14-,15+. The second-order valence-corrected chi connectivity index (χ2v) is 9.78. The number of fused-ring (bicyclic) bond motifs is 2. The van der Waals surface area contributed by atoms with E-state index in [2.05, 4.69) is 5.32 Å². The van der Waals surface area contributed by atoms with Crippen LogP contribution < -0.4 is 5.32 Å². The SMILES string of the molecule is CCCOC(=O)c1c(NC(=O)CCN2C(=O)[C@H]3CCCC[C@H]3C2=O)sc2c1CCCC2. The van der Waals surface area contributed by atoms with E-state index in [1.54, 1.807) is 0 Å². The van der Waals surface area contributed by atoms with Crippen LogP contribution in [0.2, 0.25) is 0 Å². The van der Waals surface area contributed by atoms with Gasteiger partial charge in [0.15, 0.2) is 0 Å². The third-order valence-electron chi connectivity index (χ3n) is 6.56. The number of thiophene rings is 1. The molecule has 3 amide bonds. The van der Waals surface area contributed by atoms with Crippen LogP contribution in [0.3, 0.4) is 0 Å². The molecule has 1 aromatic rings. The van der Waals surface area contributed by atoms with E-state index in [-0.39, 0.29) is 48.5 Å². The van der Waals surface area contributed by atoms with Crippen molar-refractivity contribution >= 4 is 40.0 Å². The molecule has 0 aromatic carbocycles. The van der Waals surface area contributed by atoms with Crippen molar-refractivity contribution in [3.05, 3.63) is 16.0 Å². The van der Waals surface area contributed by atoms with E-state index in [1.165, 1.54) is 16.2 Å². The largest absolute Gasteiger partial charge is 0.462 e. The zero-order chi connectivity index (χ0) is 22.0. The van der Waals surface area contributed by atoms with E-state index in [0.717, 1.165) is 68.2 Å². The first-order valence-electron chi connectivity index (χ1n) is 11.5. The number of hydrogen-bond donors (Lipinski definition) is 1. The molecule has 7 nitrogen and oxygen atoms in total. The Hall–Kier alpha value is -2.22. The van der Waals surface area contributed by atoms with Crippen molar-refractivity contribution in [2.24, 2.45) is 11.8 Å². The fourth-order valence-corrected chi connectivity index (χ4v) is 6.28. The quantitative estimate of drug-likeness (QED) is 0.509. The van der Waals surface area contributed by atoms with Gasteiger partial charge in [-0.1, -0.05) is 19.8 Å². The lowest BCUT2D eigenvalue weighted by Gasteiger charge is -2.19. The first-order valence-corrected chi connectivity index (χ1v) is 12.3. The van der Waals surface area contributed by atoms with E-state index in [0.29, 0.717) is 17.2 Å². The lowest BCUT2D eigenvalue weighted by molar-refractivity contribution is -0.140. The molecular weight excluding hydrogens is 416 g/mol. The highest BCUT2D eigenvalue weighted by Gasteiger charge is 2.47. The monoisotopic (exact) mass is 446 g/mol. The topological polar surface area (TPSA) is 92.8 Å². The summed E-state index contributed by atoms with van der Waals surface area (Å²) in [5.74, 6) is -1.33. The molecule has 2 heterocycles. The summed E-state index contributed by atoms with van der Waals surface area (Å²) in [6.07, 6.45) is 8.08. The van der Waals surface area contributed by atoms with E-state index in [1.807, 2.05) is 6.92 Å². The molecule has 168 valence electrons. The Labute approximate surface area is 186 Å². The normalized spacial score (nSPS) is 22.8. The summed E-state index contributed by atoms with van der Waals surface area (Å²) in [4.78, 5) is 53.0. The molecule has 2 atom stereocenters. The number of aryl methyl sites for hydroxylation is 1. The van der Waals surface area contributed by atoms with Gasteiger partial charge in [0.2, 0.25) is 17.7 Å². The van der Waals surface area contributed by atoms with Crippen LogP contribution in [0.4, 0.5) is 5.00 Å². The number of esters is 1. The van der Waals surface area contributed by atoms with Gasteiger partial charge < -0.3 is 10.1 Å². The summed E-state index contributed by atoms with van der Waals surface area (Å²) in [5.41, 5.74) is 1.49. The van der Waals surface area contributed by atoms with Crippen molar-refractivity contribution in [3.63, 3.8) is 0 Å². The minimum atomic E-state index is -0.384. The van der Waals surface area contributed by atoms with Crippen molar-refractivity contribution in [3.8, 4) is 0 Å². The summed E-state index contributed by atoms with van der Waals surface area (Å²) in [6.45, 7) is 2.38. The van der Waals surface area contributed by atoms with E-state index < -0.39 is 0 Å². The van der Waals surface area contributed by atoms with Gasteiger partial charge in [0.1, 0.15) is 5.00 Å². The number of anilines is 1. The number of imide groups is 1. The summed E-state index contributed by atoms with van der Waals surface area (Å²) < 4.78 is 5.37. The predicted octanol–water partition coefficient (Wildman–Crippen LogP) is 3.70. The molecule has 1 saturated heterocycles. The minimum absolute atomic E-state index is 0.0307. The second-order valence-electron chi connectivity index (χ2n) is 8.67. The van der Waals surface area contributed by atoms with E-state index in [9.17, 15) is 19.2 Å². The molecule has 0 unspecified atom stereocenters. The Balaban J connectivity index is 1.43. The minimum Gasteiger partial charge on any atom is -0.462 e. The Morgan fingerprint density at radius 1 is 1.06 bits per heavy atom. The third-order valence-corrected chi connectivity index (χ3v) is 7.77. The molecule has 0 radical (unpaired) electrons. The van der Waals surface area contributed by atoms with Gasteiger partial charge in [0.05, 0.1) is 24.0 Å². The van der Waals surface area contributed by atoms with Crippen LogP contribution in [0.5, 0.6) is 0 Å². The van der Waals surface area contributed by atoms with Gasteiger partial charge in [0, 0.05) is 17.8 Å². The summed E-state index contributed by atoms with van der Waals surface area (Å²) in [7, 11) is 0. The number of nitrogens with one attached hydrogen (secondary N) is 1. The molecule has 1 saturated carbocycles. The molecule has 0 bridgehead atoms. The second kappa shape index (κ2) is 9.51. The number of amides is 3. The predicted molar refractivity (Wildman–Crippen MR) is 117 cm³/mol. The van der Waals surface area contributed by atoms with Crippen LogP contribution in [0.15, 0.2) is 0 Å². The van der Waals surface area contributed by atoms with Gasteiger partial charge >= 0.3 is 5.97 Å². The van der Waals surface area contributed by atoms with Crippen LogP contribution in [-0.2, 0) is 32.0 Å². The molecule has 2 aliphatic carbocycles. The zero-order valence-electron chi connectivity index (χ0n) is 18.0. The van der Waals surface area contributed by atoms with Crippen LogP contribution in [-0.4, -0.2) is 41.7 Å². The maximum Gasteiger partial charge on any atom is 0.341 e. The fraction of sp³-hybridized carbons (Fsp3) is 0.652. The first-order chi connectivity index (χ1) is 15.0. The number of ether oxygens (including phenoxy) is 1. The molecule has 2 fully saturated rings. The van der Waals surface area contributed by atoms with Crippen molar-refractivity contribution in [2.75, 3.05) is 18.5 Å². The molecule has 31 heavy (non-hydrogen) atoms. The van der Waals surface area contributed by atoms with Gasteiger partial charge in [-0.15, -0.1) is 11.3 Å². The molecule has 4 rings (SSSR count). The lowest BCUT2D eigenvalue weighted by atomic mass is 9.81. The summed E-state index contributed by atoms with van der Waals surface area (Å²) in [5, 5.41) is 3.40. The molecule has 8 heteroatoms. The molecule has 0 spiro atoms. The van der Waals surface area contributed by atoms with Crippen molar-refractivity contribution < 1.29 is 23.9 Å². The first kappa shape index (κ1) is 22.0. The average Bonchev–Trinajstić information content (AvgIpc) is 3.25. The summed E-state index contributed by atoms with van der Waals surface area (Å²) in [6, 6.07) is 0. The highest BCUT2D eigenvalue weighted by molar-refractivity contribution is 7.17.